The molecule has 0 saturated heterocycles. The normalized spacial score (nSPS) is 13.3. The zero-order chi connectivity index (χ0) is 22.2. The third-order valence-corrected chi connectivity index (χ3v) is 7.96. The number of imidazole rings is 1. The van der Waals surface area contributed by atoms with Crippen LogP contribution in [0, 0.1) is 13.8 Å². The third kappa shape index (κ3) is 4.29. The zero-order valence-corrected chi connectivity index (χ0v) is 20.2. The van der Waals surface area contributed by atoms with E-state index in [4.69, 9.17) is 21.3 Å². The second-order valence-electron chi connectivity index (χ2n) is 7.88. The van der Waals surface area contributed by atoms with Crippen molar-refractivity contribution < 1.29 is 9.53 Å². The number of carbonyl (C=O) groups excluding carboxylic acids is 1. The van der Waals surface area contributed by atoms with E-state index in [2.05, 4.69) is 15.6 Å². The monoisotopic (exact) mass is 483 g/mol. The molecule has 5 nitrogen and oxygen atoms in total. The zero-order valence-electron chi connectivity index (χ0n) is 17.9. The number of aryl methyl sites for hydroxylation is 3. The molecule has 164 valence electrons. The van der Waals surface area contributed by atoms with Gasteiger partial charge in [-0.3, -0.25) is 4.79 Å². The van der Waals surface area contributed by atoms with E-state index in [0.29, 0.717) is 5.02 Å². The van der Waals surface area contributed by atoms with Crippen molar-refractivity contribution in [1.29, 1.82) is 0 Å². The quantitative estimate of drug-likeness (QED) is 0.328. The Morgan fingerprint density at radius 3 is 2.91 bits per heavy atom. The summed E-state index contributed by atoms with van der Waals surface area (Å²) in [4.78, 5) is 22.9. The van der Waals surface area contributed by atoms with E-state index in [0.717, 1.165) is 67.2 Å². The van der Waals surface area contributed by atoms with Crippen LogP contribution in [0.1, 0.15) is 27.5 Å². The molecule has 0 spiro atoms. The summed E-state index contributed by atoms with van der Waals surface area (Å²) in [5.41, 5.74) is 6.04. The van der Waals surface area contributed by atoms with Crippen molar-refractivity contribution in [3.63, 3.8) is 0 Å². The number of benzene rings is 2. The predicted molar refractivity (Wildman–Crippen MR) is 131 cm³/mol. The number of aromatic nitrogens is 3. The molecule has 0 atom stereocenters. The van der Waals surface area contributed by atoms with Crippen molar-refractivity contribution in [3.05, 3.63) is 68.9 Å². The summed E-state index contributed by atoms with van der Waals surface area (Å²) in [5.74, 6) is 2.94. The van der Waals surface area contributed by atoms with Gasteiger partial charge in [0, 0.05) is 27.8 Å². The van der Waals surface area contributed by atoms with Crippen LogP contribution in [0.3, 0.4) is 0 Å². The van der Waals surface area contributed by atoms with Gasteiger partial charge in [-0.05, 0) is 49.2 Å². The summed E-state index contributed by atoms with van der Waals surface area (Å²) in [7, 11) is 0. The molecule has 0 saturated carbocycles. The summed E-state index contributed by atoms with van der Waals surface area (Å²) >= 11 is 9.51. The minimum atomic E-state index is -0.253. The lowest BCUT2D eigenvalue weighted by atomic mass is 10.1. The van der Waals surface area contributed by atoms with Crippen LogP contribution in [0.15, 0.2) is 36.4 Å². The molecule has 8 heteroatoms. The highest BCUT2D eigenvalue weighted by molar-refractivity contribution is 7.98. The Morgan fingerprint density at radius 2 is 2.06 bits per heavy atom. The van der Waals surface area contributed by atoms with Crippen molar-refractivity contribution in [2.24, 2.45) is 0 Å². The van der Waals surface area contributed by atoms with Crippen molar-refractivity contribution in [1.82, 2.24) is 14.5 Å². The molecule has 1 aliphatic heterocycles. The first-order valence-electron chi connectivity index (χ1n) is 10.4. The maximum Gasteiger partial charge on any atom is 0.311 e. The number of halogens is 1. The van der Waals surface area contributed by atoms with E-state index in [1.54, 1.807) is 0 Å². The number of fused-ring (bicyclic) bond motifs is 3. The molecule has 0 N–H and O–H groups in total. The van der Waals surface area contributed by atoms with Gasteiger partial charge in [0.05, 0.1) is 28.9 Å². The number of thiazole rings is 1. The number of hydrogen-bond donors (Lipinski definition) is 0. The van der Waals surface area contributed by atoms with E-state index in [1.807, 2.05) is 55.9 Å². The molecule has 0 bridgehead atoms. The summed E-state index contributed by atoms with van der Waals surface area (Å²) in [6.45, 7) is 5.18. The van der Waals surface area contributed by atoms with Gasteiger partial charge in [0.1, 0.15) is 17.4 Å². The Hall–Kier alpha value is -2.35. The first-order valence-corrected chi connectivity index (χ1v) is 12.8. The van der Waals surface area contributed by atoms with Gasteiger partial charge >= 0.3 is 5.97 Å². The maximum absolute atomic E-state index is 12.5. The van der Waals surface area contributed by atoms with Crippen LogP contribution in [0.5, 0.6) is 0 Å². The Bertz CT molecular complexity index is 1330. The van der Waals surface area contributed by atoms with Crippen molar-refractivity contribution in [3.8, 4) is 10.6 Å². The molecule has 3 heterocycles. The second-order valence-corrected chi connectivity index (χ2v) is 10.5. The molecule has 4 aromatic rings. The van der Waals surface area contributed by atoms with Crippen molar-refractivity contribution in [2.75, 3.05) is 5.75 Å². The maximum atomic E-state index is 12.5. The van der Waals surface area contributed by atoms with Gasteiger partial charge in [-0.1, -0.05) is 23.7 Å². The largest absolute Gasteiger partial charge is 0.461 e. The first kappa shape index (κ1) is 21.5. The van der Waals surface area contributed by atoms with Gasteiger partial charge in [-0.15, -0.1) is 11.3 Å². The molecule has 0 aliphatic carbocycles. The fourth-order valence-corrected chi connectivity index (χ4v) is 6.14. The van der Waals surface area contributed by atoms with Gasteiger partial charge in [-0.2, -0.15) is 11.8 Å². The minimum absolute atomic E-state index is 0.217. The van der Waals surface area contributed by atoms with Crippen LogP contribution in [0.2, 0.25) is 5.02 Å². The van der Waals surface area contributed by atoms with Crippen LogP contribution >= 0.6 is 34.7 Å². The Labute approximate surface area is 199 Å². The van der Waals surface area contributed by atoms with Crippen molar-refractivity contribution >= 4 is 51.7 Å². The number of thioether (sulfide) groups is 1. The predicted octanol–water partition coefficient (Wildman–Crippen LogP) is 5.96. The lowest BCUT2D eigenvalue weighted by Crippen LogP contribution is -2.10. The second kappa shape index (κ2) is 8.89. The van der Waals surface area contributed by atoms with E-state index < -0.39 is 0 Å². The molecule has 2 aromatic carbocycles. The Kier molecular flexibility index (Phi) is 5.97. The number of hydrogen-bond acceptors (Lipinski definition) is 6. The van der Waals surface area contributed by atoms with Gasteiger partial charge < -0.3 is 9.30 Å². The molecular weight excluding hydrogens is 462 g/mol. The van der Waals surface area contributed by atoms with E-state index in [-0.39, 0.29) is 19.0 Å². The van der Waals surface area contributed by atoms with Gasteiger partial charge in [-0.25, -0.2) is 9.97 Å². The SMILES string of the molecule is Cc1cc(Cl)ccc1-c1nc(C)c(CC(=O)OCc2ccc3c(c2)nc2n3CCSC2)s1. The summed E-state index contributed by atoms with van der Waals surface area (Å²) < 4.78 is 7.86. The number of esters is 1. The molecular formula is C24H22ClN3O2S2. The minimum Gasteiger partial charge on any atom is -0.461 e. The Morgan fingerprint density at radius 1 is 1.19 bits per heavy atom. The fraction of sp³-hybridized carbons (Fsp3) is 0.292. The third-order valence-electron chi connectivity index (χ3n) is 5.60. The van der Waals surface area contributed by atoms with Gasteiger partial charge in [0.15, 0.2) is 0 Å². The number of carbonyl (C=O) groups is 1. The lowest BCUT2D eigenvalue weighted by Gasteiger charge is -2.13. The molecule has 0 fully saturated rings. The van der Waals surface area contributed by atoms with Crippen LogP contribution in [-0.2, 0) is 34.9 Å². The molecule has 2 aromatic heterocycles. The highest BCUT2D eigenvalue weighted by Gasteiger charge is 2.17. The van der Waals surface area contributed by atoms with Crippen LogP contribution < -0.4 is 0 Å². The molecule has 0 amide bonds. The van der Waals surface area contributed by atoms with Crippen LogP contribution in [-0.4, -0.2) is 26.3 Å². The lowest BCUT2D eigenvalue weighted by molar-refractivity contribution is -0.144. The fourth-order valence-electron chi connectivity index (χ4n) is 3.91. The van der Waals surface area contributed by atoms with Crippen LogP contribution in [0.4, 0.5) is 0 Å². The van der Waals surface area contributed by atoms with E-state index >= 15 is 0 Å². The van der Waals surface area contributed by atoms with Gasteiger partial charge in [0.2, 0.25) is 0 Å². The first-order chi connectivity index (χ1) is 15.5. The Balaban J connectivity index is 1.26. The highest BCUT2D eigenvalue weighted by atomic mass is 35.5. The average Bonchev–Trinajstić information content (AvgIpc) is 3.32. The van der Waals surface area contributed by atoms with E-state index in [1.165, 1.54) is 11.3 Å². The smallest absolute Gasteiger partial charge is 0.311 e. The summed E-state index contributed by atoms with van der Waals surface area (Å²) in [5, 5.41) is 1.60. The molecule has 0 unspecified atom stereocenters. The topological polar surface area (TPSA) is 57.0 Å². The molecule has 1 aliphatic rings. The molecule has 32 heavy (non-hydrogen) atoms. The molecule has 0 radical (unpaired) electrons. The summed E-state index contributed by atoms with van der Waals surface area (Å²) in [6, 6.07) is 11.9. The summed E-state index contributed by atoms with van der Waals surface area (Å²) in [6.07, 6.45) is 0.217. The standard InChI is InChI=1S/C24H22ClN3O2S2/c1-14-9-17(25)4-5-18(14)24-26-15(2)21(32-24)11-23(29)30-12-16-3-6-20-19(10-16)27-22-13-31-8-7-28(20)22/h3-6,9-10H,7-8,11-13H2,1-2H3. The van der Waals surface area contributed by atoms with Gasteiger partial charge in [0.25, 0.3) is 0 Å². The number of rotatable bonds is 5. The van der Waals surface area contributed by atoms with E-state index in [9.17, 15) is 4.79 Å². The number of ether oxygens (including phenoxy) is 1. The van der Waals surface area contributed by atoms with Crippen molar-refractivity contribution in [2.45, 2.75) is 39.2 Å². The molecule has 5 rings (SSSR count). The highest BCUT2D eigenvalue weighted by Crippen LogP contribution is 2.32. The number of nitrogens with zero attached hydrogens (tertiary/aromatic N) is 3. The van der Waals surface area contributed by atoms with Crippen LogP contribution in [0.25, 0.3) is 21.6 Å². The average molecular weight is 484 g/mol.